The maximum Gasteiger partial charge on any atom is 0.249 e. The second-order valence-electron chi connectivity index (χ2n) is 7.72. The topological polar surface area (TPSA) is 67.9 Å². The van der Waals surface area contributed by atoms with Crippen LogP contribution in [0.5, 0.6) is 0 Å². The van der Waals surface area contributed by atoms with Gasteiger partial charge in [-0.25, -0.2) is 4.98 Å². The van der Waals surface area contributed by atoms with E-state index in [4.69, 9.17) is 9.40 Å². The molecular formula is C23H23N5OS. The minimum Gasteiger partial charge on any atom is -0.419 e. The second-order valence-corrected chi connectivity index (χ2v) is 8.78. The van der Waals surface area contributed by atoms with Crippen LogP contribution in [0.15, 0.2) is 64.7 Å². The van der Waals surface area contributed by atoms with Gasteiger partial charge in [0.05, 0.1) is 22.8 Å². The molecule has 1 aromatic carbocycles. The predicted octanol–water partition coefficient (Wildman–Crippen LogP) is 4.48. The van der Waals surface area contributed by atoms with Crippen LogP contribution in [-0.4, -0.2) is 38.2 Å². The Morgan fingerprint density at radius 1 is 1.07 bits per heavy atom. The van der Waals surface area contributed by atoms with Crippen LogP contribution in [0, 0.1) is 6.92 Å². The van der Waals surface area contributed by atoms with Crippen molar-refractivity contribution in [3.63, 3.8) is 0 Å². The number of nitrogens with zero attached hydrogens (tertiary/aromatic N) is 5. The predicted molar refractivity (Wildman–Crippen MR) is 116 cm³/mol. The molecule has 0 N–H and O–H groups in total. The van der Waals surface area contributed by atoms with Crippen molar-refractivity contribution in [2.24, 2.45) is 0 Å². The van der Waals surface area contributed by atoms with Crippen LogP contribution in [0.1, 0.15) is 35.0 Å². The van der Waals surface area contributed by atoms with Crippen molar-refractivity contribution in [1.82, 2.24) is 25.1 Å². The maximum atomic E-state index is 5.88. The number of benzene rings is 1. The zero-order valence-electron chi connectivity index (χ0n) is 16.9. The van der Waals surface area contributed by atoms with Crippen molar-refractivity contribution >= 4 is 11.3 Å². The van der Waals surface area contributed by atoms with Crippen LogP contribution in [-0.2, 0) is 12.0 Å². The van der Waals surface area contributed by atoms with Crippen molar-refractivity contribution < 1.29 is 4.42 Å². The van der Waals surface area contributed by atoms with Crippen molar-refractivity contribution in [2.45, 2.75) is 31.7 Å². The molecule has 152 valence electrons. The summed E-state index contributed by atoms with van der Waals surface area (Å²) in [6.07, 6.45) is 5.51. The van der Waals surface area contributed by atoms with Gasteiger partial charge in [-0.3, -0.25) is 9.88 Å². The standard InChI is InChI=1S/C23H23N5OS/c1-17-25-20(16-30-17)23(19-7-3-2-4-8-19)9-12-28(13-10-23)15-21-26-27-22(29-21)18-6-5-11-24-14-18/h2-8,11,14,16H,9-10,12-13,15H2,1H3. The highest BCUT2D eigenvalue weighted by Crippen LogP contribution is 2.42. The summed E-state index contributed by atoms with van der Waals surface area (Å²) < 4.78 is 5.88. The van der Waals surface area contributed by atoms with E-state index in [1.165, 1.54) is 11.3 Å². The lowest BCUT2D eigenvalue weighted by Gasteiger charge is -2.41. The molecule has 7 heteroatoms. The highest BCUT2D eigenvalue weighted by atomic mass is 32.1. The lowest BCUT2D eigenvalue weighted by Crippen LogP contribution is -2.43. The van der Waals surface area contributed by atoms with E-state index in [-0.39, 0.29) is 5.41 Å². The summed E-state index contributed by atoms with van der Waals surface area (Å²) in [6, 6.07) is 14.6. The van der Waals surface area contributed by atoms with Crippen LogP contribution in [0.25, 0.3) is 11.5 Å². The van der Waals surface area contributed by atoms with Gasteiger partial charge in [0, 0.05) is 23.2 Å². The zero-order valence-corrected chi connectivity index (χ0v) is 17.7. The van der Waals surface area contributed by atoms with E-state index < -0.39 is 0 Å². The van der Waals surface area contributed by atoms with Crippen LogP contribution in [0.3, 0.4) is 0 Å². The lowest BCUT2D eigenvalue weighted by molar-refractivity contribution is 0.158. The Kier molecular flexibility index (Phi) is 5.14. The molecule has 0 radical (unpaired) electrons. The van der Waals surface area contributed by atoms with Gasteiger partial charge < -0.3 is 4.42 Å². The lowest BCUT2D eigenvalue weighted by atomic mass is 9.70. The summed E-state index contributed by atoms with van der Waals surface area (Å²) >= 11 is 1.73. The fourth-order valence-corrected chi connectivity index (χ4v) is 4.95. The van der Waals surface area contributed by atoms with E-state index in [0.717, 1.165) is 36.5 Å². The van der Waals surface area contributed by atoms with Crippen LogP contribution in [0.4, 0.5) is 0 Å². The van der Waals surface area contributed by atoms with Gasteiger partial charge in [-0.05, 0) is 50.6 Å². The first-order chi connectivity index (χ1) is 14.7. The fraction of sp³-hybridized carbons (Fsp3) is 0.304. The smallest absolute Gasteiger partial charge is 0.249 e. The maximum absolute atomic E-state index is 5.88. The summed E-state index contributed by atoms with van der Waals surface area (Å²) in [5, 5.41) is 11.8. The Bertz CT molecular complexity index is 1100. The van der Waals surface area contributed by atoms with Gasteiger partial charge in [-0.15, -0.1) is 21.5 Å². The van der Waals surface area contributed by atoms with Gasteiger partial charge >= 0.3 is 0 Å². The number of hydrogen-bond acceptors (Lipinski definition) is 7. The Morgan fingerprint density at radius 2 is 1.90 bits per heavy atom. The molecule has 0 amide bonds. The fourth-order valence-electron chi connectivity index (χ4n) is 4.24. The monoisotopic (exact) mass is 417 g/mol. The van der Waals surface area contributed by atoms with Gasteiger partial charge in [-0.2, -0.15) is 0 Å². The third-order valence-corrected chi connectivity index (χ3v) is 6.65. The molecule has 0 aliphatic carbocycles. The molecule has 4 aromatic rings. The third kappa shape index (κ3) is 3.66. The third-order valence-electron chi connectivity index (χ3n) is 5.88. The first kappa shape index (κ1) is 19.1. The van der Waals surface area contributed by atoms with Crippen molar-refractivity contribution in [1.29, 1.82) is 0 Å². The van der Waals surface area contributed by atoms with Crippen molar-refractivity contribution in [3.8, 4) is 11.5 Å². The van der Waals surface area contributed by atoms with E-state index >= 15 is 0 Å². The average molecular weight is 418 g/mol. The number of aromatic nitrogens is 4. The quantitative estimate of drug-likeness (QED) is 0.477. The Morgan fingerprint density at radius 3 is 2.60 bits per heavy atom. The molecule has 30 heavy (non-hydrogen) atoms. The number of aryl methyl sites for hydroxylation is 1. The second kappa shape index (κ2) is 8.08. The number of thiazole rings is 1. The summed E-state index contributed by atoms with van der Waals surface area (Å²) in [5.41, 5.74) is 3.37. The number of rotatable bonds is 5. The molecule has 1 fully saturated rings. The number of hydrogen-bond donors (Lipinski definition) is 0. The summed E-state index contributed by atoms with van der Waals surface area (Å²) in [4.78, 5) is 11.4. The minimum atomic E-state index is -0.0295. The summed E-state index contributed by atoms with van der Waals surface area (Å²) in [7, 11) is 0. The molecular weight excluding hydrogens is 394 g/mol. The van der Waals surface area contributed by atoms with Gasteiger partial charge in [-0.1, -0.05) is 30.3 Å². The molecule has 5 rings (SSSR count). The Balaban J connectivity index is 1.33. The Hall–Kier alpha value is -2.90. The molecule has 0 atom stereocenters. The minimum absolute atomic E-state index is 0.0295. The highest BCUT2D eigenvalue weighted by Gasteiger charge is 2.39. The van der Waals surface area contributed by atoms with E-state index in [9.17, 15) is 0 Å². The largest absolute Gasteiger partial charge is 0.419 e. The number of likely N-dealkylation sites (tertiary alicyclic amines) is 1. The van der Waals surface area contributed by atoms with Crippen LogP contribution < -0.4 is 0 Å². The Labute approximate surface area is 179 Å². The molecule has 1 aliphatic rings. The molecule has 0 saturated carbocycles. The molecule has 6 nitrogen and oxygen atoms in total. The SMILES string of the molecule is Cc1nc(C2(c3ccccc3)CCN(Cc3nnc(-c4cccnc4)o3)CC2)cs1. The van der Waals surface area contributed by atoms with Crippen LogP contribution >= 0.6 is 11.3 Å². The van der Waals surface area contributed by atoms with Gasteiger partial charge in [0.15, 0.2) is 0 Å². The molecule has 4 heterocycles. The first-order valence-electron chi connectivity index (χ1n) is 10.2. The van der Waals surface area contributed by atoms with Crippen molar-refractivity contribution in [2.75, 3.05) is 13.1 Å². The number of piperidine rings is 1. The van der Waals surface area contributed by atoms with E-state index in [0.29, 0.717) is 18.3 Å². The summed E-state index contributed by atoms with van der Waals surface area (Å²) in [5.74, 6) is 1.16. The zero-order chi connectivity index (χ0) is 20.4. The first-order valence-corrected chi connectivity index (χ1v) is 11.0. The van der Waals surface area contributed by atoms with Gasteiger partial charge in [0.1, 0.15) is 0 Å². The van der Waals surface area contributed by atoms with E-state index in [1.54, 1.807) is 23.7 Å². The van der Waals surface area contributed by atoms with E-state index in [2.05, 4.69) is 62.7 Å². The molecule has 0 unspecified atom stereocenters. The van der Waals surface area contributed by atoms with Crippen LogP contribution in [0.2, 0.25) is 0 Å². The summed E-state index contributed by atoms with van der Waals surface area (Å²) in [6.45, 7) is 4.65. The van der Waals surface area contributed by atoms with Crippen molar-refractivity contribution in [3.05, 3.63) is 82.4 Å². The number of pyridine rings is 1. The van der Waals surface area contributed by atoms with Gasteiger partial charge in [0.25, 0.3) is 0 Å². The molecule has 0 spiro atoms. The highest BCUT2D eigenvalue weighted by molar-refractivity contribution is 7.09. The molecule has 0 bridgehead atoms. The molecule has 1 saturated heterocycles. The molecule has 3 aromatic heterocycles. The normalized spacial score (nSPS) is 16.6. The average Bonchev–Trinajstić information content (AvgIpc) is 3.45. The van der Waals surface area contributed by atoms with Gasteiger partial charge in [0.2, 0.25) is 11.8 Å². The molecule has 1 aliphatic heterocycles. The van der Waals surface area contributed by atoms with E-state index in [1.807, 2.05) is 12.1 Å².